The number of aliphatic hydroxyl groups excluding tert-OH is 1. The molecule has 0 radical (unpaired) electrons. The van der Waals surface area contributed by atoms with E-state index in [4.69, 9.17) is 0 Å². The van der Waals surface area contributed by atoms with Gasteiger partial charge in [-0.1, -0.05) is 37.1 Å². The molecule has 0 unspecified atom stereocenters. The van der Waals surface area contributed by atoms with Gasteiger partial charge in [0, 0.05) is 36.8 Å². The zero-order valence-electron chi connectivity index (χ0n) is 17.9. The van der Waals surface area contributed by atoms with Gasteiger partial charge in [0.15, 0.2) is 0 Å². The average Bonchev–Trinajstić information content (AvgIpc) is 3.44. The minimum Gasteiger partial charge on any atom is -0.394 e. The highest BCUT2D eigenvalue weighted by Crippen LogP contribution is 2.49. The van der Waals surface area contributed by atoms with Gasteiger partial charge in [0.25, 0.3) is 0 Å². The summed E-state index contributed by atoms with van der Waals surface area (Å²) in [6, 6.07) is 12.9. The second kappa shape index (κ2) is 8.15. The predicted molar refractivity (Wildman–Crippen MR) is 119 cm³/mol. The number of nitrogens with zero attached hydrogens (tertiary/aromatic N) is 2. The third-order valence-electron chi connectivity index (χ3n) is 7.48. The molecular formula is C25H30FN3O2. The molecule has 31 heavy (non-hydrogen) atoms. The summed E-state index contributed by atoms with van der Waals surface area (Å²) >= 11 is 0. The normalized spacial score (nSPS) is 25.5. The maximum Gasteiger partial charge on any atom is 0.318 e. The molecule has 2 heterocycles. The van der Waals surface area contributed by atoms with Crippen molar-refractivity contribution in [2.45, 2.75) is 50.2 Å². The third-order valence-corrected chi connectivity index (χ3v) is 7.48. The summed E-state index contributed by atoms with van der Waals surface area (Å²) < 4.78 is 14.5. The Labute approximate surface area is 182 Å². The first kappa shape index (κ1) is 20.3. The summed E-state index contributed by atoms with van der Waals surface area (Å²) in [5, 5.41) is 13.4. The highest BCUT2D eigenvalue weighted by Gasteiger charge is 2.48. The zero-order chi connectivity index (χ0) is 21.5. The predicted octanol–water partition coefficient (Wildman–Crippen LogP) is 4.32. The van der Waals surface area contributed by atoms with Crippen LogP contribution >= 0.6 is 0 Å². The van der Waals surface area contributed by atoms with Crippen molar-refractivity contribution in [2.24, 2.45) is 5.92 Å². The van der Waals surface area contributed by atoms with Crippen LogP contribution in [0.25, 0.3) is 11.1 Å². The summed E-state index contributed by atoms with van der Waals surface area (Å²) in [5.41, 5.74) is 3.42. The Bertz CT molecular complexity index is 975. The number of carbonyl (C=O) groups is 1. The first-order chi connectivity index (χ1) is 15.1. The number of benzene rings is 2. The first-order valence-electron chi connectivity index (χ1n) is 11.4. The maximum atomic E-state index is 14.5. The highest BCUT2D eigenvalue weighted by molar-refractivity contribution is 5.78. The molecule has 0 spiro atoms. The lowest BCUT2D eigenvalue weighted by Crippen LogP contribution is -2.50. The average molecular weight is 424 g/mol. The molecule has 2 aliphatic heterocycles. The van der Waals surface area contributed by atoms with E-state index in [1.165, 1.54) is 18.9 Å². The van der Waals surface area contributed by atoms with Gasteiger partial charge in [-0.15, -0.1) is 0 Å². The summed E-state index contributed by atoms with van der Waals surface area (Å²) in [6.45, 7) is 0.714. The van der Waals surface area contributed by atoms with E-state index in [1.807, 2.05) is 36.2 Å². The van der Waals surface area contributed by atoms with E-state index in [0.717, 1.165) is 36.1 Å². The smallest absolute Gasteiger partial charge is 0.318 e. The molecular weight excluding hydrogens is 393 g/mol. The van der Waals surface area contributed by atoms with Crippen LogP contribution < -0.4 is 10.2 Å². The van der Waals surface area contributed by atoms with Crippen molar-refractivity contribution in [3.8, 4) is 11.1 Å². The van der Waals surface area contributed by atoms with Crippen LogP contribution in [0.4, 0.5) is 14.9 Å². The van der Waals surface area contributed by atoms with Crippen LogP contribution in [0.3, 0.4) is 0 Å². The van der Waals surface area contributed by atoms with Crippen LogP contribution in [-0.4, -0.2) is 48.3 Å². The van der Waals surface area contributed by atoms with Crippen LogP contribution in [0.2, 0.25) is 0 Å². The van der Waals surface area contributed by atoms with E-state index >= 15 is 0 Å². The second-order valence-electron chi connectivity index (χ2n) is 9.14. The Morgan fingerprint density at radius 2 is 1.94 bits per heavy atom. The number of halogens is 1. The Morgan fingerprint density at radius 3 is 2.68 bits per heavy atom. The molecule has 5 nitrogen and oxygen atoms in total. The van der Waals surface area contributed by atoms with Gasteiger partial charge in [-0.2, -0.15) is 0 Å². The van der Waals surface area contributed by atoms with E-state index in [-0.39, 0.29) is 42.5 Å². The van der Waals surface area contributed by atoms with Crippen LogP contribution in [0, 0.1) is 11.7 Å². The monoisotopic (exact) mass is 423 g/mol. The topological polar surface area (TPSA) is 55.8 Å². The maximum absolute atomic E-state index is 14.5. The number of hydrogen-bond acceptors (Lipinski definition) is 3. The first-order valence-corrected chi connectivity index (χ1v) is 11.4. The number of hydrogen-bond donors (Lipinski definition) is 2. The highest BCUT2D eigenvalue weighted by atomic mass is 19.1. The number of urea groups is 1. The Kier molecular flexibility index (Phi) is 5.34. The lowest BCUT2D eigenvalue weighted by Gasteiger charge is -2.44. The number of likely N-dealkylation sites (N-methyl/N-ethyl adjacent to an activating group) is 1. The molecule has 2 amide bonds. The van der Waals surface area contributed by atoms with Crippen molar-refractivity contribution < 1.29 is 14.3 Å². The fourth-order valence-corrected chi connectivity index (χ4v) is 5.87. The molecule has 2 aromatic carbocycles. The van der Waals surface area contributed by atoms with Gasteiger partial charge in [0.2, 0.25) is 0 Å². The van der Waals surface area contributed by atoms with Gasteiger partial charge >= 0.3 is 6.03 Å². The Hall–Kier alpha value is -2.60. The van der Waals surface area contributed by atoms with Crippen molar-refractivity contribution in [2.75, 3.05) is 25.1 Å². The standard InChI is InChI=1S/C25H30FN3O2/c1-28-22-11-10-16(18-8-4-5-9-21(18)26)14-20(22)24-19(23(28)15-30)12-13-29(24)25(31)27-17-6-2-3-7-17/h4-5,8-11,14,17,19,23-24,30H,2-3,6-7,12-13,15H2,1H3,(H,27,31)/t19-,23+,24-/m0/s1. The molecule has 6 heteroatoms. The summed E-state index contributed by atoms with van der Waals surface area (Å²) in [6.07, 6.45) is 5.28. The molecule has 2 aromatic rings. The van der Waals surface area contributed by atoms with Gasteiger partial charge in [-0.25, -0.2) is 9.18 Å². The number of fused-ring (bicyclic) bond motifs is 3. The number of amides is 2. The van der Waals surface area contributed by atoms with Crippen molar-refractivity contribution in [1.82, 2.24) is 10.2 Å². The van der Waals surface area contributed by atoms with Crippen LogP contribution in [0.1, 0.15) is 43.7 Å². The number of nitrogens with one attached hydrogen (secondary N) is 1. The minimum atomic E-state index is -0.251. The number of rotatable bonds is 3. The largest absolute Gasteiger partial charge is 0.394 e. The Balaban J connectivity index is 1.54. The molecule has 2 N–H and O–H groups in total. The van der Waals surface area contributed by atoms with Gasteiger partial charge in [-0.05, 0) is 48.6 Å². The van der Waals surface area contributed by atoms with Crippen LogP contribution in [0.15, 0.2) is 42.5 Å². The second-order valence-corrected chi connectivity index (χ2v) is 9.14. The van der Waals surface area contributed by atoms with Crippen molar-refractivity contribution >= 4 is 11.7 Å². The zero-order valence-corrected chi connectivity index (χ0v) is 17.9. The SMILES string of the molecule is CN1c2ccc(-c3ccccc3F)cc2[C@@H]2[C@@H](CCN2C(=O)NC2CCCC2)[C@H]1CO. The molecule has 3 aliphatic rings. The van der Waals surface area contributed by atoms with E-state index < -0.39 is 0 Å². The van der Waals surface area contributed by atoms with Crippen LogP contribution in [-0.2, 0) is 0 Å². The molecule has 164 valence electrons. The van der Waals surface area contributed by atoms with E-state index in [2.05, 4.69) is 10.2 Å². The van der Waals surface area contributed by atoms with Gasteiger partial charge < -0.3 is 20.2 Å². The molecule has 1 saturated heterocycles. The van der Waals surface area contributed by atoms with E-state index in [1.54, 1.807) is 12.1 Å². The van der Waals surface area contributed by atoms with E-state index in [9.17, 15) is 14.3 Å². The number of likely N-dealkylation sites (tertiary alicyclic amines) is 1. The fraction of sp³-hybridized carbons (Fsp3) is 0.480. The molecule has 0 bridgehead atoms. The van der Waals surface area contributed by atoms with Crippen molar-refractivity contribution in [3.05, 3.63) is 53.8 Å². The molecule has 2 fully saturated rings. The lowest BCUT2D eigenvalue weighted by atomic mass is 9.81. The number of carbonyl (C=O) groups excluding carboxylic acids is 1. The fourth-order valence-electron chi connectivity index (χ4n) is 5.87. The summed E-state index contributed by atoms with van der Waals surface area (Å²) in [5.74, 6) is -0.105. The number of anilines is 1. The molecule has 1 aliphatic carbocycles. The molecule has 1 saturated carbocycles. The van der Waals surface area contributed by atoms with Crippen LogP contribution in [0.5, 0.6) is 0 Å². The summed E-state index contributed by atoms with van der Waals surface area (Å²) in [7, 11) is 2.00. The summed E-state index contributed by atoms with van der Waals surface area (Å²) in [4.78, 5) is 17.3. The Morgan fingerprint density at radius 1 is 1.16 bits per heavy atom. The quantitative estimate of drug-likeness (QED) is 0.773. The van der Waals surface area contributed by atoms with Crippen molar-refractivity contribution in [1.29, 1.82) is 0 Å². The molecule has 0 aromatic heterocycles. The number of aliphatic hydroxyl groups is 1. The molecule has 5 rings (SSSR count). The third kappa shape index (κ3) is 3.47. The van der Waals surface area contributed by atoms with Gasteiger partial charge in [-0.3, -0.25) is 0 Å². The van der Waals surface area contributed by atoms with Gasteiger partial charge in [0.1, 0.15) is 5.82 Å². The van der Waals surface area contributed by atoms with E-state index in [0.29, 0.717) is 12.1 Å². The molecule has 3 atom stereocenters. The van der Waals surface area contributed by atoms with Gasteiger partial charge in [0.05, 0.1) is 18.7 Å². The lowest BCUT2D eigenvalue weighted by molar-refractivity contribution is 0.158. The van der Waals surface area contributed by atoms with Crippen molar-refractivity contribution in [3.63, 3.8) is 0 Å². The minimum absolute atomic E-state index is 0.0112.